The van der Waals surface area contributed by atoms with Crippen LogP contribution in [0.15, 0.2) is 18.3 Å². The normalized spacial score (nSPS) is 15.5. The maximum absolute atomic E-state index is 5.15. The Kier molecular flexibility index (Phi) is 3.30. The van der Waals surface area contributed by atoms with Crippen LogP contribution in [0.4, 0.5) is 0 Å². The number of aromatic nitrogens is 1. The quantitative estimate of drug-likeness (QED) is 0.744. The predicted octanol–water partition coefficient (Wildman–Crippen LogP) is 2.73. The fraction of sp³-hybridized carbons (Fsp3) is 0.545. The Morgan fingerprint density at radius 3 is 3.14 bits per heavy atom. The van der Waals surface area contributed by atoms with Gasteiger partial charge in [-0.05, 0) is 30.6 Å². The zero-order chi connectivity index (χ0) is 9.80. The van der Waals surface area contributed by atoms with E-state index in [9.17, 15) is 0 Å². The third-order valence-electron chi connectivity index (χ3n) is 2.32. The summed E-state index contributed by atoms with van der Waals surface area (Å²) in [7, 11) is 1.69. The lowest BCUT2D eigenvalue weighted by atomic mass is 10.3. The van der Waals surface area contributed by atoms with Crippen molar-refractivity contribution < 1.29 is 4.74 Å². The van der Waals surface area contributed by atoms with Crippen molar-refractivity contribution in [1.82, 2.24) is 4.98 Å². The Bertz CT molecular complexity index is 299. The zero-order valence-corrected chi connectivity index (χ0v) is 9.22. The van der Waals surface area contributed by atoms with E-state index in [4.69, 9.17) is 4.74 Å². The standard InChI is InChI=1S/C11H15NOS/c1-13-11-4-5-12-10(6-11)8-14-7-9-2-3-9/h4-6,9H,2-3,7-8H2,1H3. The Morgan fingerprint density at radius 2 is 2.43 bits per heavy atom. The molecule has 76 valence electrons. The molecule has 1 aliphatic rings. The molecular weight excluding hydrogens is 194 g/mol. The topological polar surface area (TPSA) is 22.1 Å². The Morgan fingerprint density at radius 1 is 1.57 bits per heavy atom. The van der Waals surface area contributed by atoms with Gasteiger partial charge in [0.1, 0.15) is 5.75 Å². The first-order valence-electron chi connectivity index (χ1n) is 4.95. The summed E-state index contributed by atoms with van der Waals surface area (Å²) in [5, 5.41) is 0. The minimum Gasteiger partial charge on any atom is -0.497 e. The second-order valence-electron chi connectivity index (χ2n) is 3.65. The Balaban J connectivity index is 1.81. The monoisotopic (exact) mass is 209 g/mol. The number of pyridine rings is 1. The number of rotatable bonds is 5. The summed E-state index contributed by atoms with van der Waals surface area (Å²) in [5.74, 6) is 4.19. The van der Waals surface area contributed by atoms with Gasteiger partial charge in [-0.3, -0.25) is 4.98 Å². The lowest BCUT2D eigenvalue weighted by molar-refractivity contribution is 0.413. The van der Waals surface area contributed by atoms with Gasteiger partial charge in [-0.15, -0.1) is 0 Å². The summed E-state index contributed by atoms with van der Waals surface area (Å²) < 4.78 is 5.15. The summed E-state index contributed by atoms with van der Waals surface area (Å²) in [6.07, 6.45) is 4.67. The third-order valence-corrected chi connectivity index (χ3v) is 3.53. The minimum atomic E-state index is 0.905. The van der Waals surface area contributed by atoms with Gasteiger partial charge in [0.05, 0.1) is 12.8 Å². The average molecular weight is 209 g/mol. The molecule has 1 aliphatic carbocycles. The number of hydrogen-bond acceptors (Lipinski definition) is 3. The third kappa shape index (κ3) is 2.91. The second-order valence-corrected chi connectivity index (χ2v) is 4.68. The van der Waals surface area contributed by atoms with Gasteiger partial charge in [-0.25, -0.2) is 0 Å². The van der Waals surface area contributed by atoms with Gasteiger partial charge in [-0.2, -0.15) is 11.8 Å². The SMILES string of the molecule is COc1ccnc(CSCC2CC2)c1. The van der Waals surface area contributed by atoms with Crippen molar-refractivity contribution in [1.29, 1.82) is 0 Å². The van der Waals surface area contributed by atoms with Crippen molar-refractivity contribution >= 4 is 11.8 Å². The highest BCUT2D eigenvalue weighted by atomic mass is 32.2. The molecule has 0 bridgehead atoms. The molecule has 0 radical (unpaired) electrons. The van der Waals surface area contributed by atoms with Crippen LogP contribution in [0.25, 0.3) is 0 Å². The van der Waals surface area contributed by atoms with Crippen molar-refractivity contribution in [2.45, 2.75) is 18.6 Å². The summed E-state index contributed by atoms with van der Waals surface area (Å²) >= 11 is 1.98. The molecule has 0 aliphatic heterocycles. The predicted molar refractivity (Wildman–Crippen MR) is 59.7 cm³/mol. The molecule has 1 saturated carbocycles. The van der Waals surface area contributed by atoms with E-state index in [2.05, 4.69) is 4.98 Å². The largest absolute Gasteiger partial charge is 0.497 e. The van der Waals surface area contributed by atoms with Gasteiger partial charge in [-0.1, -0.05) is 0 Å². The molecule has 1 fully saturated rings. The first kappa shape index (κ1) is 9.84. The fourth-order valence-corrected chi connectivity index (χ4v) is 2.43. The molecular formula is C11H15NOS. The van der Waals surface area contributed by atoms with Crippen LogP contribution in [0.5, 0.6) is 5.75 Å². The summed E-state index contributed by atoms with van der Waals surface area (Å²) in [4.78, 5) is 4.30. The minimum absolute atomic E-state index is 0.905. The Hall–Kier alpha value is -0.700. The van der Waals surface area contributed by atoms with Gasteiger partial charge in [0.15, 0.2) is 0 Å². The average Bonchev–Trinajstić information content (AvgIpc) is 3.02. The molecule has 1 aromatic rings. The summed E-state index contributed by atoms with van der Waals surface area (Å²) in [5.41, 5.74) is 1.12. The first-order valence-corrected chi connectivity index (χ1v) is 6.10. The number of nitrogens with zero attached hydrogens (tertiary/aromatic N) is 1. The second kappa shape index (κ2) is 4.69. The van der Waals surface area contributed by atoms with E-state index in [0.717, 1.165) is 23.1 Å². The highest BCUT2D eigenvalue weighted by Crippen LogP contribution is 2.33. The van der Waals surface area contributed by atoms with E-state index in [1.807, 2.05) is 30.1 Å². The lowest BCUT2D eigenvalue weighted by Gasteiger charge is -2.02. The smallest absolute Gasteiger partial charge is 0.122 e. The zero-order valence-electron chi connectivity index (χ0n) is 8.40. The van der Waals surface area contributed by atoms with Gasteiger partial charge in [0.2, 0.25) is 0 Å². The molecule has 0 aromatic carbocycles. The molecule has 14 heavy (non-hydrogen) atoms. The van der Waals surface area contributed by atoms with Crippen LogP contribution in [0, 0.1) is 5.92 Å². The molecule has 2 rings (SSSR count). The first-order chi connectivity index (χ1) is 6.88. The van der Waals surface area contributed by atoms with Crippen LogP contribution in [-0.2, 0) is 5.75 Å². The van der Waals surface area contributed by atoms with Gasteiger partial charge in [0.25, 0.3) is 0 Å². The van der Waals surface area contributed by atoms with Crippen molar-refractivity contribution in [3.8, 4) is 5.75 Å². The van der Waals surface area contributed by atoms with Crippen LogP contribution in [-0.4, -0.2) is 17.8 Å². The van der Waals surface area contributed by atoms with E-state index in [-0.39, 0.29) is 0 Å². The number of ether oxygens (including phenoxy) is 1. The Labute approximate surface area is 89.1 Å². The van der Waals surface area contributed by atoms with Crippen molar-refractivity contribution in [2.75, 3.05) is 12.9 Å². The van der Waals surface area contributed by atoms with Crippen molar-refractivity contribution in [2.24, 2.45) is 5.92 Å². The molecule has 0 unspecified atom stereocenters. The van der Waals surface area contributed by atoms with Crippen LogP contribution in [0.2, 0.25) is 0 Å². The summed E-state index contributed by atoms with van der Waals surface area (Å²) in [6, 6.07) is 3.90. The number of thioether (sulfide) groups is 1. The van der Waals surface area contributed by atoms with E-state index in [0.29, 0.717) is 0 Å². The summed E-state index contributed by atoms with van der Waals surface area (Å²) in [6.45, 7) is 0. The molecule has 0 spiro atoms. The molecule has 0 amide bonds. The van der Waals surface area contributed by atoms with E-state index >= 15 is 0 Å². The van der Waals surface area contributed by atoms with Crippen LogP contribution < -0.4 is 4.74 Å². The van der Waals surface area contributed by atoms with E-state index in [1.54, 1.807) is 7.11 Å². The molecule has 0 saturated heterocycles. The molecule has 3 heteroatoms. The maximum atomic E-state index is 5.15. The van der Waals surface area contributed by atoms with Gasteiger partial charge in [0, 0.05) is 18.0 Å². The van der Waals surface area contributed by atoms with Gasteiger partial charge < -0.3 is 4.74 Å². The van der Waals surface area contributed by atoms with E-state index in [1.165, 1.54) is 18.6 Å². The highest BCUT2D eigenvalue weighted by Gasteiger charge is 2.20. The molecule has 2 nitrogen and oxygen atoms in total. The lowest BCUT2D eigenvalue weighted by Crippen LogP contribution is -1.90. The molecule has 0 N–H and O–H groups in total. The van der Waals surface area contributed by atoms with E-state index < -0.39 is 0 Å². The molecule has 0 atom stereocenters. The van der Waals surface area contributed by atoms with Crippen molar-refractivity contribution in [3.63, 3.8) is 0 Å². The maximum Gasteiger partial charge on any atom is 0.122 e. The van der Waals surface area contributed by atoms with Gasteiger partial charge >= 0.3 is 0 Å². The number of methoxy groups -OCH3 is 1. The fourth-order valence-electron chi connectivity index (χ4n) is 1.28. The number of hydrogen-bond donors (Lipinski definition) is 0. The highest BCUT2D eigenvalue weighted by molar-refractivity contribution is 7.98. The van der Waals surface area contributed by atoms with Crippen molar-refractivity contribution in [3.05, 3.63) is 24.0 Å². The van der Waals surface area contributed by atoms with Crippen LogP contribution in [0.3, 0.4) is 0 Å². The van der Waals surface area contributed by atoms with Crippen LogP contribution in [0.1, 0.15) is 18.5 Å². The molecule has 1 aromatic heterocycles. The molecule has 1 heterocycles. The van der Waals surface area contributed by atoms with Crippen LogP contribution >= 0.6 is 11.8 Å².